The van der Waals surface area contributed by atoms with E-state index in [1.807, 2.05) is 30.3 Å². The minimum Gasteiger partial charge on any atom is -0.381 e. The summed E-state index contributed by atoms with van der Waals surface area (Å²) < 4.78 is 5.28. The molecule has 1 fully saturated rings. The molecule has 0 radical (unpaired) electrons. The molecule has 0 aromatic heterocycles. The van der Waals surface area contributed by atoms with Crippen LogP contribution in [0.3, 0.4) is 0 Å². The Bertz CT molecular complexity index is 361. The summed E-state index contributed by atoms with van der Waals surface area (Å²) >= 11 is 0. The Labute approximate surface area is 108 Å². The second-order valence-corrected chi connectivity index (χ2v) is 4.62. The molecule has 0 saturated carbocycles. The van der Waals surface area contributed by atoms with E-state index in [0.29, 0.717) is 19.0 Å². The summed E-state index contributed by atoms with van der Waals surface area (Å²) in [7, 11) is 0. The number of carbonyl (C=O) groups excluding carboxylic acids is 1. The number of hydrogen-bond acceptors (Lipinski definition) is 3. The molecule has 2 rings (SSSR count). The molecule has 1 aromatic rings. The Kier molecular flexibility index (Phi) is 5.17. The molecule has 1 heterocycles. The van der Waals surface area contributed by atoms with Gasteiger partial charge in [-0.25, -0.2) is 0 Å². The van der Waals surface area contributed by atoms with Crippen LogP contribution in [0.1, 0.15) is 12.0 Å². The van der Waals surface area contributed by atoms with E-state index in [9.17, 15) is 4.79 Å². The number of benzene rings is 1. The highest BCUT2D eigenvalue weighted by Gasteiger charge is 2.15. The lowest BCUT2D eigenvalue weighted by Crippen LogP contribution is -2.35. The first-order valence-electron chi connectivity index (χ1n) is 6.43. The number of nitrogens with one attached hydrogen (secondary N) is 2. The molecule has 1 aliphatic rings. The maximum absolute atomic E-state index is 11.6. The molecule has 0 spiro atoms. The normalized spacial score (nSPS) is 18.8. The molecule has 1 aliphatic heterocycles. The average molecular weight is 248 g/mol. The van der Waals surface area contributed by atoms with Gasteiger partial charge in [0, 0.05) is 19.7 Å². The van der Waals surface area contributed by atoms with E-state index in [4.69, 9.17) is 4.74 Å². The van der Waals surface area contributed by atoms with Crippen molar-refractivity contribution < 1.29 is 9.53 Å². The number of amides is 1. The van der Waals surface area contributed by atoms with Crippen molar-refractivity contribution in [1.82, 2.24) is 10.6 Å². The van der Waals surface area contributed by atoms with Gasteiger partial charge in [-0.3, -0.25) is 4.79 Å². The van der Waals surface area contributed by atoms with Gasteiger partial charge in [-0.2, -0.15) is 0 Å². The SMILES string of the molecule is O=C(CNCC1CCOC1)NCc1ccccc1. The first kappa shape index (κ1) is 13.1. The minimum absolute atomic E-state index is 0.0396. The zero-order chi connectivity index (χ0) is 12.6. The Morgan fingerprint density at radius 1 is 1.33 bits per heavy atom. The fraction of sp³-hybridized carbons (Fsp3) is 0.500. The third kappa shape index (κ3) is 4.47. The summed E-state index contributed by atoms with van der Waals surface area (Å²) in [4.78, 5) is 11.6. The Morgan fingerprint density at radius 3 is 2.89 bits per heavy atom. The highest BCUT2D eigenvalue weighted by molar-refractivity contribution is 5.77. The van der Waals surface area contributed by atoms with Crippen LogP contribution >= 0.6 is 0 Å². The highest BCUT2D eigenvalue weighted by Crippen LogP contribution is 2.10. The summed E-state index contributed by atoms with van der Waals surface area (Å²) in [5, 5.41) is 6.06. The molecule has 4 heteroatoms. The molecular formula is C14H20N2O2. The molecule has 18 heavy (non-hydrogen) atoms. The van der Waals surface area contributed by atoms with Crippen molar-refractivity contribution in [3.8, 4) is 0 Å². The lowest BCUT2D eigenvalue weighted by atomic mass is 10.1. The standard InChI is InChI=1S/C14H20N2O2/c17-14(10-15-8-13-6-7-18-11-13)16-9-12-4-2-1-3-5-12/h1-5,13,15H,6-11H2,(H,16,17). The van der Waals surface area contributed by atoms with Crippen molar-refractivity contribution in [3.05, 3.63) is 35.9 Å². The third-order valence-corrected chi connectivity index (χ3v) is 3.08. The Morgan fingerprint density at radius 2 is 2.17 bits per heavy atom. The van der Waals surface area contributed by atoms with Gasteiger partial charge in [-0.05, 0) is 17.9 Å². The Balaban J connectivity index is 1.57. The smallest absolute Gasteiger partial charge is 0.234 e. The van der Waals surface area contributed by atoms with Gasteiger partial charge < -0.3 is 15.4 Å². The molecule has 98 valence electrons. The molecule has 0 bridgehead atoms. The molecule has 1 saturated heterocycles. The van der Waals surface area contributed by atoms with Gasteiger partial charge in [0.15, 0.2) is 0 Å². The highest BCUT2D eigenvalue weighted by atomic mass is 16.5. The average Bonchev–Trinajstić information content (AvgIpc) is 2.91. The van der Waals surface area contributed by atoms with E-state index in [1.54, 1.807) is 0 Å². The van der Waals surface area contributed by atoms with E-state index in [-0.39, 0.29) is 5.91 Å². The van der Waals surface area contributed by atoms with Crippen molar-refractivity contribution in [3.63, 3.8) is 0 Å². The van der Waals surface area contributed by atoms with Crippen LogP contribution in [-0.4, -0.2) is 32.2 Å². The number of carbonyl (C=O) groups is 1. The maximum atomic E-state index is 11.6. The van der Waals surface area contributed by atoms with Crippen LogP contribution in [-0.2, 0) is 16.1 Å². The predicted octanol–water partition coefficient (Wildman–Crippen LogP) is 0.929. The fourth-order valence-corrected chi connectivity index (χ4v) is 1.99. The van der Waals surface area contributed by atoms with E-state index >= 15 is 0 Å². The summed E-state index contributed by atoms with van der Waals surface area (Å²) in [5.41, 5.74) is 1.12. The Hall–Kier alpha value is -1.39. The lowest BCUT2D eigenvalue weighted by molar-refractivity contribution is -0.120. The first-order valence-corrected chi connectivity index (χ1v) is 6.43. The zero-order valence-electron chi connectivity index (χ0n) is 10.5. The largest absolute Gasteiger partial charge is 0.381 e. The summed E-state index contributed by atoms with van der Waals surface area (Å²) in [6.07, 6.45) is 1.10. The van der Waals surface area contributed by atoms with Crippen LogP contribution in [0.15, 0.2) is 30.3 Å². The third-order valence-electron chi connectivity index (χ3n) is 3.08. The lowest BCUT2D eigenvalue weighted by Gasteiger charge is -2.09. The van der Waals surface area contributed by atoms with Gasteiger partial charge in [-0.15, -0.1) is 0 Å². The zero-order valence-corrected chi connectivity index (χ0v) is 10.5. The molecule has 2 N–H and O–H groups in total. The van der Waals surface area contributed by atoms with E-state index in [2.05, 4.69) is 10.6 Å². The number of rotatable bonds is 6. The van der Waals surface area contributed by atoms with Gasteiger partial charge in [-0.1, -0.05) is 30.3 Å². The molecule has 1 atom stereocenters. The van der Waals surface area contributed by atoms with Crippen LogP contribution in [0.25, 0.3) is 0 Å². The number of hydrogen-bond donors (Lipinski definition) is 2. The van der Waals surface area contributed by atoms with Gasteiger partial charge >= 0.3 is 0 Å². The van der Waals surface area contributed by atoms with Crippen LogP contribution < -0.4 is 10.6 Å². The van der Waals surface area contributed by atoms with Crippen molar-refractivity contribution in [2.24, 2.45) is 5.92 Å². The molecular weight excluding hydrogens is 228 g/mol. The maximum Gasteiger partial charge on any atom is 0.234 e. The fourth-order valence-electron chi connectivity index (χ4n) is 1.99. The second-order valence-electron chi connectivity index (χ2n) is 4.62. The van der Waals surface area contributed by atoms with Gasteiger partial charge in [0.2, 0.25) is 5.91 Å². The van der Waals surface area contributed by atoms with Crippen molar-refractivity contribution in [1.29, 1.82) is 0 Å². The predicted molar refractivity (Wildman–Crippen MR) is 70.1 cm³/mol. The van der Waals surface area contributed by atoms with Gasteiger partial charge in [0.1, 0.15) is 0 Å². The summed E-state index contributed by atoms with van der Waals surface area (Å²) in [5.74, 6) is 0.602. The van der Waals surface area contributed by atoms with Crippen LogP contribution in [0.4, 0.5) is 0 Å². The second kappa shape index (κ2) is 7.13. The van der Waals surface area contributed by atoms with Crippen molar-refractivity contribution >= 4 is 5.91 Å². The molecule has 0 aliphatic carbocycles. The summed E-state index contributed by atoms with van der Waals surface area (Å²) in [6, 6.07) is 9.92. The minimum atomic E-state index is 0.0396. The van der Waals surface area contributed by atoms with Crippen molar-refractivity contribution in [2.45, 2.75) is 13.0 Å². The quantitative estimate of drug-likeness (QED) is 0.787. The summed E-state index contributed by atoms with van der Waals surface area (Å²) in [6.45, 7) is 3.50. The topological polar surface area (TPSA) is 50.4 Å². The van der Waals surface area contributed by atoms with Crippen LogP contribution in [0.5, 0.6) is 0 Å². The molecule has 1 unspecified atom stereocenters. The molecule has 4 nitrogen and oxygen atoms in total. The first-order chi connectivity index (χ1) is 8.84. The van der Waals surface area contributed by atoms with Gasteiger partial charge in [0.25, 0.3) is 0 Å². The van der Waals surface area contributed by atoms with Crippen LogP contribution in [0, 0.1) is 5.92 Å². The molecule has 1 amide bonds. The van der Waals surface area contributed by atoms with Crippen LogP contribution in [0.2, 0.25) is 0 Å². The van der Waals surface area contributed by atoms with E-state index in [1.165, 1.54) is 0 Å². The molecule has 1 aromatic carbocycles. The van der Waals surface area contributed by atoms with Gasteiger partial charge in [0.05, 0.1) is 13.2 Å². The van der Waals surface area contributed by atoms with E-state index in [0.717, 1.165) is 31.7 Å². The van der Waals surface area contributed by atoms with Crippen molar-refractivity contribution in [2.75, 3.05) is 26.3 Å². The van der Waals surface area contributed by atoms with E-state index < -0.39 is 0 Å². The monoisotopic (exact) mass is 248 g/mol. The number of ether oxygens (including phenoxy) is 1.